The summed E-state index contributed by atoms with van der Waals surface area (Å²) < 4.78 is 2.25. The molecule has 2 fully saturated rings. The summed E-state index contributed by atoms with van der Waals surface area (Å²) >= 11 is 0. The van der Waals surface area contributed by atoms with Crippen LogP contribution in [0, 0.1) is 5.92 Å². The Bertz CT molecular complexity index is 714. The van der Waals surface area contributed by atoms with E-state index in [2.05, 4.69) is 30.4 Å². The van der Waals surface area contributed by atoms with Crippen LogP contribution in [0.2, 0.25) is 0 Å². The highest BCUT2D eigenvalue weighted by atomic mass is 127. The van der Waals surface area contributed by atoms with Crippen LogP contribution in [0.5, 0.6) is 0 Å². The SMILES string of the molecule is CN=C(NCc1nnc2n1CCCCC2)NC1CCN(C(=O)C2CCCC2)C1.I. The van der Waals surface area contributed by atoms with Gasteiger partial charge in [-0.25, -0.2) is 0 Å². The Hall–Kier alpha value is -1.39. The Morgan fingerprint density at radius 2 is 1.93 bits per heavy atom. The molecule has 1 aliphatic carbocycles. The second kappa shape index (κ2) is 10.6. The number of guanidine groups is 1. The molecule has 0 aromatic carbocycles. The fraction of sp³-hybridized carbons (Fsp3) is 0.800. The molecule has 1 saturated carbocycles. The van der Waals surface area contributed by atoms with Crippen LogP contribution in [0.4, 0.5) is 0 Å². The first-order valence-electron chi connectivity index (χ1n) is 10.9. The number of aliphatic imine (C=N–C) groups is 1. The third-order valence-corrected chi connectivity index (χ3v) is 6.37. The van der Waals surface area contributed by atoms with Gasteiger partial charge in [-0.2, -0.15) is 0 Å². The van der Waals surface area contributed by atoms with Crippen LogP contribution >= 0.6 is 24.0 Å². The Labute approximate surface area is 190 Å². The fourth-order valence-corrected chi connectivity index (χ4v) is 4.74. The molecule has 1 unspecified atom stereocenters. The van der Waals surface area contributed by atoms with Crippen molar-refractivity contribution >= 4 is 35.8 Å². The summed E-state index contributed by atoms with van der Waals surface area (Å²) in [6.07, 6.45) is 10.2. The number of carbonyl (C=O) groups is 1. The molecule has 29 heavy (non-hydrogen) atoms. The Morgan fingerprint density at radius 1 is 1.10 bits per heavy atom. The molecule has 3 aliphatic rings. The lowest BCUT2D eigenvalue weighted by atomic mass is 10.1. The van der Waals surface area contributed by atoms with Crippen molar-refractivity contribution in [3.05, 3.63) is 11.6 Å². The maximum absolute atomic E-state index is 12.6. The summed E-state index contributed by atoms with van der Waals surface area (Å²) in [5.41, 5.74) is 0. The lowest BCUT2D eigenvalue weighted by Gasteiger charge is -2.21. The molecule has 2 aliphatic heterocycles. The largest absolute Gasteiger partial charge is 0.352 e. The summed E-state index contributed by atoms with van der Waals surface area (Å²) in [5, 5.41) is 15.6. The van der Waals surface area contributed by atoms with Crippen molar-refractivity contribution in [2.24, 2.45) is 10.9 Å². The molecule has 4 rings (SSSR count). The number of carbonyl (C=O) groups excluding carboxylic acids is 1. The number of halogens is 1. The molecular weight excluding hydrogens is 481 g/mol. The second-order valence-corrected chi connectivity index (χ2v) is 8.32. The molecular formula is C20H34IN7O. The molecule has 9 heteroatoms. The number of likely N-dealkylation sites (tertiary alicyclic amines) is 1. The lowest BCUT2D eigenvalue weighted by molar-refractivity contribution is -0.134. The molecule has 1 saturated heterocycles. The minimum Gasteiger partial charge on any atom is -0.352 e. The van der Waals surface area contributed by atoms with Crippen molar-refractivity contribution in [3.8, 4) is 0 Å². The van der Waals surface area contributed by atoms with E-state index < -0.39 is 0 Å². The number of amides is 1. The molecule has 8 nitrogen and oxygen atoms in total. The highest BCUT2D eigenvalue weighted by Crippen LogP contribution is 2.27. The van der Waals surface area contributed by atoms with Gasteiger partial charge in [0.2, 0.25) is 5.91 Å². The van der Waals surface area contributed by atoms with Gasteiger partial charge in [0.1, 0.15) is 5.82 Å². The molecule has 0 spiro atoms. The molecule has 0 bridgehead atoms. The first-order valence-corrected chi connectivity index (χ1v) is 10.9. The summed E-state index contributed by atoms with van der Waals surface area (Å²) in [6.45, 7) is 3.24. The summed E-state index contributed by atoms with van der Waals surface area (Å²) in [5.74, 6) is 3.47. The number of aromatic nitrogens is 3. The van der Waals surface area contributed by atoms with Crippen molar-refractivity contribution < 1.29 is 4.79 Å². The Balaban J connectivity index is 0.00000240. The van der Waals surface area contributed by atoms with Gasteiger partial charge in [-0.05, 0) is 32.1 Å². The van der Waals surface area contributed by atoms with Crippen LogP contribution in [-0.4, -0.2) is 57.7 Å². The van der Waals surface area contributed by atoms with E-state index in [9.17, 15) is 4.79 Å². The number of hydrogen-bond donors (Lipinski definition) is 2. The standard InChI is InChI=1S/C20H33N7O.HI/c1-21-20(22-13-18-25-24-17-9-3-2-6-11-27(17)18)23-16-10-12-26(14-16)19(28)15-7-4-5-8-15;/h15-16H,2-14H2,1H3,(H2,21,22,23);1H. The highest BCUT2D eigenvalue weighted by molar-refractivity contribution is 14.0. The minimum absolute atomic E-state index is 0. The van der Waals surface area contributed by atoms with E-state index in [-0.39, 0.29) is 35.9 Å². The van der Waals surface area contributed by atoms with Gasteiger partial charge < -0.3 is 20.1 Å². The number of aryl methyl sites for hydroxylation is 1. The predicted octanol–water partition coefficient (Wildman–Crippen LogP) is 2.08. The smallest absolute Gasteiger partial charge is 0.225 e. The molecule has 1 aromatic heterocycles. The van der Waals surface area contributed by atoms with E-state index in [0.717, 1.165) is 62.9 Å². The van der Waals surface area contributed by atoms with Gasteiger partial charge >= 0.3 is 0 Å². The Kier molecular flexibility index (Phi) is 8.14. The third kappa shape index (κ3) is 5.40. The van der Waals surface area contributed by atoms with E-state index in [1.54, 1.807) is 7.05 Å². The zero-order valence-electron chi connectivity index (χ0n) is 17.4. The van der Waals surface area contributed by atoms with Gasteiger partial charge in [-0.1, -0.05) is 19.3 Å². The van der Waals surface area contributed by atoms with Gasteiger partial charge in [-0.3, -0.25) is 9.79 Å². The molecule has 1 aromatic rings. The van der Waals surface area contributed by atoms with Crippen molar-refractivity contribution in [2.45, 2.75) is 76.9 Å². The van der Waals surface area contributed by atoms with Gasteiger partial charge in [-0.15, -0.1) is 34.2 Å². The van der Waals surface area contributed by atoms with E-state index in [0.29, 0.717) is 12.5 Å². The number of hydrogen-bond acceptors (Lipinski definition) is 4. The zero-order chi connectivity index (χ0) is 19.3. The average molecular weight is 515 g/mol. The third-order valence-electron chi connectivity index (χ3n) is 6.37. The predicted molar refractivity (Wildman–Crippen MR) is 123 cm³/mol. The van der Waals surface area contributed by atoms with Crippen LogP contribution in [-0.2, 0) is 24.3 Å². The summed E-state index contributed by atoms with van der Waals surface area (Å²) in [6, 6.07) is 0.257. The Morgan fingerprint density at radius 3 is 2.72 bits per heavy atom. The van der Waals surface area contributed by atoms with Crippen molar-refractivity contribution in [1.29, 1.82) is 0 Å². The summed E-state index contributed by atoms with van der Waals surface area (Å²) in [4.78, 5) is 19.0. The van der Waals surface area contributed by atoms with Gasteiger partial charge in [0.15, 0.2) is 11.8 Å². The maximum atomic E-state index is 12.6. The topological polar surface area (TPSA) is 87.4 Å². The molecule has 1 atom stereocenters. The fourth-order valence-electron chi connectivity index (χ4n) is 4.74. The van der Waals surface area contributed by atoms with Gasteiger partial charge in [0, 0.05) is 45.1 Å². The van der Waals surface area contributed by atoms with Crippen LogP contribution in [0.15, 0.2) is 4.99 Å². The van der Waals surface area contributed by atoms with Crippen molar-refractivity contribution in [3.63, 3.8) is 0 Å². The minimum atomic E-state index is 0. The zero-order valence-corrected chi connectivity index (χ0v) is 19.7. The monoisotopic (exact) mass is 515 g/mol. The number of nitrogens with zero attached hydrogens (tertiary/aromatic N) is 5. The van der Waals surface area contributed by atoms with E-state index >= 15 is 0 Å². The quantitative estimate of drug-likeness (QED) is 0.365. The van der Waals surface area contributed by atoms with E-state index in [1.165, 1.54) is 32.1 Å². The number of rotatable bonds is 4. The van der Waals surface area contributed by atoms with E-state index in [4.69, 9.17) is 0 Å². The first kappa shape index (κ1) is 22.3. The first-order chi connectivity index (χ1) is 13.7. The molecule has 3 heterocycles. The normalized spacial score (nSPS) is 22.7. The van der Waals surface area contributed by atoms with Crippen LogP contribution in [0.25, 0.3) is 0 Å². The molecule has 162 valence electrons. The van der Waals surface area contributed by atoms with Crippen LogP contribution in [0.3, 0.4) is 0 Å². The van der Waals surface area contributed by atoms with Crippen molar-refractivity contribution in [1.82, 2.24) is 30.3 Å². The molecule has 2 N–H and O–H groups in total. The van der Waals surface area contributed by atoms with Crippen LogP contribution < -0.4 is 10.6 Å². The molecule has 1 amide bonds. The molecule has 0 radical (unpaired) electrons. The second-order valence-electron chi connectivity index (χ2n) is 8.32. The van der Waals surface area contributed by atoms with Crippen molar-refractivity contribution in [2.75, 3.05) is 20.1 Å². The van der Waals surface area contributed by atoms with E-state index in [1.807, 2.05) is 4.90 Å². The average Bonchev–Trinajstić information content (AvgIpc) is 3.44. The van der Waals surface area contributed by atoms with Gasteiger partial charge in [0.05, 0.1) is 6.54 Å². The lowest BCUT2D eigenvalue weighted by Crippen LogP contribution is -2.45. The van der Waals surface area contributed by atoms with Gasteiger partial charge in [0.25, 0.3) is 0 Å². The number of fused-ring (bicyclic) bond motifs is 1. The maximum Gasteiger partial charge on any atom is 0.225 e. The summed E-state index contributed by atoms with van der Waals surface area (Å²) in [7, 11) is 1.79. The highest BCUT2D eigenvalue weighted by Gasteiger charge is 2.32. The number of nitrogens with one attached hydrogen (secondary N) is 2. The van der Waals surface area contributed by atoms with Crippen LogP contribution in [0.1, 0.15) is 63.0 Å².